The van der Waals surface area contributed by atoms with E-state index in [-0.39, 0.29) is 11.5 Å². The lowest BCUT2D eigenvalue weighted by atomic mass is 9.92. The van der Waals surface area contributed by atoms with Crippen LogP contribution in [0, 0.1) is 11.6 Å². The van der Waals surface area contributed by atoms with E-state index in [1.165, 1.54) is 17.7 Å². The Morgan fingerprint density at radius 3 is 1.69 bits per heavy atom. The summed E-state index contributed by atoms with van der Waals surface area (Å²) in [5, 5.41) is 0. The van der Waals surface area contributed by atoms with E-state index in [0.29, 0.717) is 12.0 Å². The summed E-state index contributed by atoms with van der Waals surface area (Å²) in [5.74, 6) is -0.939. The molecule has 4 aromatic rings. The molecule has 0 bridgehead atoms. The first-order valence-corrected chi connectivity index (χ1v) is 11.3. The van der Waals surface area contributed by atoms with E-state index in [0.717, 1.165) is 35.1 Å². The zero-order valence-electron chi connectivity index (χ0n) is 18.6. The monoisotopic (exact) mass is 426 g/mol. The Hall–Kier alpha value is -3.26. The van der Waals surface area contributed by atoms with Crippen LogP contribution in [0.15, 0.2) is 91.0 Å². The average Bonchev–Trinajstić information content (AvgIpc) is 2.82. The second-order valence-electron chi connectivity index (χ2n) is 8.46. The quantitative estimate of drug-likeness (QED) is 0.277. The van der Waals surface area contributed by atoms with Gasteiger partial charge in [0.05, 0.1) is 0 Å². The standard InChI is InChI=1S/C30H28F2/c1-3-7-22-10-12-24(13-11-22)25-14-16-26(17-15-25)27-19-29(31)28(30(32)20-27)18-21(2)23-8-5-4-6-9-23/h4-6,8-17,19-21H,3,7,18H2,1-2H3/t21-/m0/s1. The Morgan fingerprint density at radius 2 is 1.16 bits per heavy atom. The van der Waals surface area contributed by atoms with Gasteiger partial charge in [0.2, 0.25) is 0 Å². The third kappa shape index (κ3) is 4.96. The minimum Gasteiger partial charge on any atom is -0.207 e. The molecule has 0 saturated heterocycles. The molecule has 1 atom stereocenters. The zero-order chi connectivity index (χ0) is 22.5. The van der Waals surface area contributed by atoms with Crippen LogP contribution < -0.4 is 0 Å². The van der Waals surface area contributed by atoms with Crippen molar-refractivity contribution in [3.63, 3.8) is 0 Å². The van der Waals surface area contributed by atoms with Crippen molar-refractivity contribution < 1.29 is 8.78 Å². The van der Waals surface area contributed by atoms with Gasteiger partial charge in [-0.2, -0.15) is 0 Å². The van der Waals surface area contributed by atoms with Crippen LogP contribution in [0.4, 0.5) is 8.78 Å². The number of benzene rings is 4. The maximum atomic E-state index is 14.9. The zero-order valence-corrected chi connectivity index (χ0v) is 18.6. The Bertz CT molecular complexity index is 1140. The van der Waals surface area contributed by atoms with Crippen LogP contribution in [0.3, 0.4) is 0 Å². The molecule has 32 heavy (non-hydrogen) atoms. The molecule has 0 aromatic heterocycles. The highest BCUT2D eigenvalue weighted by Crippen LogP contribution is 2.30. The molecule has 162 valence electrons. The van der Waals surface area contributed by atoms with Gasteiger partial charge in [0.15, 0.2) is 0 Å². The van der Waals surface area contributed by atoms with Crippen LogP contribution in [0.1, 0.15) is 42.9 Å². The summed E-state index contributed by atoms with van der Waals surface area (Å²) in [6.07, 6.45) is 2.54. The van der Waals surface area contributed by atoms with Gasteiger partial charge in [-0.05, 0) is 64.3 Å². The largest absolute Gasteiger partial charge is 0.207 e. The maximum Gasteiger partial charge on any atom is 0.129 e. The minimum absolute atomic E-state index is 0.0362. The molecule has 0 heterocycles. The van der Waals surface area contributed by atoms with Crippen LogP contribution in [0.5, 0.6) is 0 Å². The molecule has 2 heteroatoms. The summed E-state index contributed by atoms with van der Waals surface area (Å²) in [6, 6.07) is 29.2. The lowest BCUT2D eigenvalue weighted by Crippen LogP contribution is -2.04. The summed E-state index contributed by atoms with van der Waals surface area (Å²) in [4.78, 5) is 0. The average molecular weight is 427 g/mol. The van der Waals surface area contributed by atoms with Crippen molar-refractivity contribution in [1.29, 1.82) is 0 Å². The first-order valence-electron chi connectivity index (χ1n) is 11.3. The highest BCUT2D eigenvalue weighted by molar-refractivity contribution is 5.70. The van der Waals surface area contributed by atoms with E-state index >= 15 is 0 Å². The highest BCUT2D eigenvalue weighted by atomic mass is 19.1. The Labute approximate surface area is 189 Å². The van der Waals surface area contributed by atoms with Crippen LogP contribution in [-0.4, -0.2) is 0 Å². The molecule has 0 spiro atoms. The van der Waals surface area contributed by atoms with Gasteiger partial charge in [-0.15, -0.1) is 0 Å². The molecular weight excluding hydrogens is 398 g/mol. The van der Waals surface area contributed by atoms with E-state index in [4.69, 9.17) is 0 Å². The summed E-state index contributed by atoms with van der Waals surface area (Å²) in [7, 11) is 0. The third-order valence-corrected chi connectivity index (χ3v) is 6.06. The lowest BCUT2D eigenvalue weighted by molar-refractivity contribution is 0.544. The topological polar surface area (TPSA) is 0 Å². The predicted molar refractivity (Wildman–Crippen MR) is 130 cm³/mol. The normalized spacial score (nSPS) is 12.0. The second kappa shape index (κ2) is 9.91. The summed E-state index contributed by atoms with van der Waals surface area (Å²) in [6.45, 7) is 4.17. The molecule has 0 aliphatic carbocycles. The Morgan fingerprint density at radius 1 is 0.656 bits per heavy atom. The molecule has 0 N–H and O–H groups in total. The predicted octanol–water partition coefficient (Wildman–Crippen LogP) is 8.60. The van der Waals surface area contributed by atoms with E-state index < -0.39 is 11.6 Å². The van der Waals surface area contributed by atoms with Crippen LogP contribution >= 0.6 is 0 Å². The molecule has 0 amide bonds. The van der Waals surface area contributed by atoms with Gasteiger partial charge >= 0.3 is 0 Å². The van der Waals surface area contributed by atoms with Crippen molar-refractivity contribution in [2.45, 2.75) is 39.0 Å². The van der Waals surface area contributed by atoms with Crippen molar-refractivity contribution in [2.75, 3.05) is 0 Å². The lowest BCUT2D eigenvalue weighted by Gasteiger charge is -2.14. The molecule has 0 saturated carbocycles. The summed E-state index contributed by atoms with van der Waals surface area (Å²) in [5.41, 5.74) is 6.14. The number of halogens is 2. The van der Waals surface area contributed by atoms with Gasteiger partial charge < -0.3 is 0 Å². The van der Waals surface area contributed by atoms with Crippen molar-refractivity contribution >= 4 is 0 Å². The number of rotatable bonds is 7. The summed E-state index contributed by atoms with van der Waals surface area (Å²) >= 11 is 0. The van der Waals surface area contributed by atoms with Gasteiger partial charge in [0, 0.05) is 5.56 Å². The minimum atomic E-state index is -0.488. The Kier molecular flexibility index (Phi) is 6.80. The first-order chi connectivity index (χ1) is 15.5. The van der Waals surface area contributed by atoms with Crippen LogP contribution in [0.25, 0.3) is 22.3 Å². The van der Waals surface area contributed by atoms with Crippen LogP contribution in [0.2, 0.25) is 0 Å². The molecule has 4 aromatic carbocycles. The second-order valence-corrected chi connectivity index (χ2v) is 8.46. The summed E-state index contributed by atoms with van der Waals surface area (Å²) < 4.78 is 29.8. The molecule has 0 aliphatic rings. The molecule has 0 unspecified atom stereocenters. The van der Waals surface area contributed by atoms with Crippen molar-refractivity contribution in [3.05, 3.63) is 119 Å². The van der Waals surface area contributed by atoms with E-state index in [1.54, 1.807) is 0 Å². The smallest absolute Gasteiger partial charge is 0.129 e. The molecule has 4 rings (SSSR count). The van der Waals surface area contributed by atoms with Crippen molar-refractivity contribution in [3.8, 4) is 22.3 Å². The molecule has 0 radical (unpaired) electrons. The van der Waals surface area contributed by atoms with Gasteiger partial charge in [-0.25, -0.2) is 8.78 Å². The van der Waals surface area contributed by atoms with Gasteiger partial charge in [0.25, 0.3) is 0 Å². The van der Waals surface area contributed by atoms with Crippen LogP contribution in [-0.2, 0) is 12.8 Å². The third-order valence-electron chi connectivity index (χ3n) is 6.06. The fourth-order valence-electron chi connectivity index (χ4n) is 4.18. The highest BCUT2D eigenvalue weighted by Gasteiger charge is 2.16. The number of hydrogen-bond donors (Lipinski definition) is 0. The van der Waals surface area contributed by atoms with Crippen molar-refractivity contribution in [2.24, 2.45) is 0 Å². The molecular formula is C30H28F2. The fraction of sp³-hybridized carbons (Fsp3) is 0.200. The van der Waals surface area contributed by atoms with E-state index in [9.17, 15) is 8.78 Å². The number of aryl methyl sites for hydroxylation is 1. The van der Waals surface area contributed by atoms with E-state index in [1.807, 2.05) is 61.5 Å². The number of hydrogen-bond acceptors (Lipinski definition) is 0. The van der Waals surface area contributed by atoms with E-state index in [2.05, 4.69) is 31.2 Å². The van der Waals surface area contributed by atoms with Gasteiger partial charge in [0.1, 0.15) is 11.6 Å². The first kappa shape index (κ1) is 22.0. The Balaban J connectivity index is 1.54. The van der Waals surface area contributed by atoms with Gasteiger partial charge in [-0.3, -0.25) is 0 Å². The molecule has 0 nitrogen and oxygen atoms in total. The molecule has 0 aliphatic heterocycles. The van der Waals surface area contributed by atoms with Crippen molar-refractivity contribution in [1.82, 2.24) is 0 Å². The van der Waals surface area contributed by atoms with Gasteiger partial charge in [-0.1, -0.05) is 99.1 Å². The SMILES string of the molecule is CCCc1ccc(-c2ccc(-c3cc(F)c(C[C@H](C)c4ccccc4)c(F)c3)cc2)cc1. The maximum absolute atomic E-state index is 14.9. The molecule has 0 fully saturated rings. The fourth-order valence-corrected chi connectivity index (χ4v) is 4.18.